The van der Waals surface area contributed by atoms with Crippen LogP contribution in [0.25, 0.3) is 16.8 Å². The molecule has 0 amide bonds. The predicted molar refractivity (Wildman–Crippen MR) is 68.9 cm³/mol. The van der Waals surface area contributed by atoms with Crippen LogP contribution in [0.15, 0.2) is 40.8 Å². The molecule has 19 heavy (non-hydrogen) atoms. The summed E-state index contributed by atoms with van der Waals surface area (Å²) in [6.45, 7) is 0. The van der Waals surface area contributed by atoms with Crippen molar-refractivity contribution in [3.8, 4) is 0 Å². The number of hydrogen-bond acceptors (Lipinski definition) is 4. The van der Waals surface area contributed by atoms with Crippen LogP contribution in [0, 0.1) is 0 Å². The molecule has 0 radical (unpaired) electrons. The van der Waals surface area contributed by atoms with Gasteiger partial charge in [-0.2, -0.15) is 0 Å². The third-order valence-corrected chi connectivity index (χ3v) is 7.98. The van der Waals surface area contributed by atoms with Crippen molar-refractivity contribution >= 4 is 45.9 Å². The molecular formula is C13H8As2O4. The second-order valence-electron chi connectivity index (χ2n) is 4.31. The molecule has 2 aromatic rings. The topological polar surface area (TPSA) is 68.3 Å². The Hall–Kier alpha value is -1.24. The van der Waals surface area contributed by atoms with Crippen LogP contribution in [0.4, 0.5) is 0 Å². The Bertz CT molecular complexity index is 839. The fourth-order valence-electron chi connectivity index (χ4n) is 2.52. The molecule has 1 atom stereocenters. The maximum absolute atomic E-state index is 11.5. The SMILES string of the molecule is O=[As](=O)C1=Cc2cccc3cccc(c23)C1[As](=O)=O. The van der Waals surface area contributed by atoms with Crippen molar-refractivity contribution in [2.75, 3.05) is 0 Å². The first-order valence-corrected chi connectivity index (χ1v) is 10.7. The summed E-state index contributed by atoms with van der Waals surface area (Å²) in [6.07, 6.45) is 1.51. The summed E-state index contributed by atoms with van der Waals surface area (Å²) in [5, 5.41) is 1.78. The van der Waals surface area contributed by atoms with Gasteiger partial charge in [0.05, 0.1) is 0 Å². The number of rotatable bonds is 2. The quantitative estimate of drug-likeness (QED) is 0.751. The van der Waals surface area contributed by atoms with E-state index < -0.39 is 33.8 Å². The summed E-state index contributed by atoms with van der Waals surface area (Å²) in [5.41, 5.74) is 1.38. The van der Waals surface area contributed by atoms with Crippen LogP contribution in [0.3, 0.4) is 0 Å². The van der Waals surface area contributed by atoms with E-state index in [0.717, 1.165) is 16.3 Å². The van der Waals surface area contributed by atoms with E-state index in [9.17, 15) is 15.0 Å². The molecule has 1 aliphatic rings. The van der Waals surface area contributed by atoms with E-state index in [-0.39, 0.29) is 4.36 Å². The van der Waals surface area contributed by atoms with Gasteiger partial charge in [-0.3, -0.25) is 0 Å². The maximum atomic E-state index is 11.5. The molecule has 0 fully saturated rings. The third kappa shape index (κ3) is 2.00. The summed E-state index contributed by atoms with van der Waals surface area (Å²) in [4.78, 5) is 0. The van der Waals surface area contributed by atoms with Crippen molar-refractivity contribution < 1.29 is 15.0 Å². The van der Waals surface area contributed by atoms with Crippen LogP contribution in [0.5, 0.6) is 0 Å². The van der Waals surface area contributed by atoms with Crippen molar-refractivity contribution in [2.45, 2.75) is 4.71 Å². The Morgan fingerprint density at radius 2 is 1.58 bits per heavy atom. The molecule has 3 rings (SSSR count). The monoisotopic (exact) mass is 378 g/mol. The van der Waals surface area contributed by atoms with Gasteiger partial charge < -0.3 is 0 Å². The molecular weight excluding hydrogens is 370 g/mol. The molecule has 0 saturated heterocycles. The first-order valence-electron chi connectivity index (χ1n) is 5.60. The second kappa shape index (κ2) is 4.70. The van der Waals surface area contributed by atoms with Crippen molar-refractivity contribution in [3.63, 3.8) is 0 Å². The van der Waals surface area contributed by atoms with E-state index in [1.807, 2.05) is 24.3 Å². The van der Waals surface area contributed by atoms with Crippen LogP contribution in [0.2, 0.25) is 0 Å². The fraction of sp³-hybridized carbons (Fsp3) is 0.0769. The van der Waals surface area contributed by atoms with Crippen molar-refractivity contribution in [2.24, 2.45) is 0 Å². The zero-order valence-corrected chi connectivity index (χ0v) is 13.4. The molecule has 1 aliphatic carbocycles. The van der Waals surface area contributed by atoms with Gasteiger partial charge in [0, 0.05) is 0 Å². The molecule has 2 aromatic carbocycles. The first kappa shape index (κ1) is 12.8. The Balaban J connectivity index is 2.48. The predicted octanol–water partition coefficient (Wildman–Crippen LogP) is 2.10. The van der Waals surface area contributed by atoms with Gasteiger partial charge in [-0.15, -0.1) is 0 Å². The van der Waals surface area contributed by atoms with Crippen LogP contribution >= 0.6 is 0 Å². The Labute approximate surface area is 117 Å². The second-order valence-corrected chi connectivity index (χ2v) is 8.75. The van der Waals surface area contributed by atoms with Crippen LogP contribution in [-0.2, 0) is 15.0 Å². The van der Waals surface area contributed by atoms with Crippen molar-refractivity contribution in [1.29, 1.82) is 0 Å². The number of hydrogen-bond donors (Lipinski definition) is 0. The Morgan fingerprint density at radius 3 is 2.21 bits per heavy atom. The average molecular weight is 378 g/mol. The molecule has 0 bridgehead atoms. The van der Waals surface area contributed by atoms with Crippen LogP contribution < -0.4 is 0 Å². The molecule has 0 saturated carbocycles. The third-order valence-electron chi connectivity index (χ3n) is 3.27. The van der Waals surface area contributed by atoms with Gasteiger partial charge in [0.15, 0.2) is 0 Å². The van der Waals surface area contributed by atoms with E-state index in [1.165, 1.54) is 6.08 Å². The van der Waals surface area contributed by atoms with Gasteiger partial charge in [-0.25, -0.2) is 0 Å². The van der Waals surface area contributed by atoms with Gasteiger partial charge in [-0.05, 0) is 0 Å². The van der Waals surface area contributed by atoms with Gasteiger partial charge in [0.25, 0.3) is 0 Å². The van der Waals surface area contributed by atoms with Crippen LogP contribution in [-0.4, -0.2) is 29.1 Å². The minimum absolute atomic E-state index is 0.0590. The van der Waals surface area contributed by atoms with E-state index in [4.69, 9.17) is 0 Å². The first-order chi connectivity index (χ1) is 9.09. The Morgan fingerprint density at radius 1 is 0.895 bits per heavy atom. The summed E-state index contributed by atoms with van der Waals surface area (Å²) in [6, 6.07) is 10.9. The number of benzene rings is 2. The average Bonchev–Trinajstić information content (AvgIpc) is 2.38. The normalized spacial score (nSPS) is 17.1. The molecule has 94 valence electrons. The zero-order chi connectivity index (χ0) is 13.6. The van der Waals surface area contributed by atoms with Crippen LogP contribution in [0.1, 0.15) is 15.8 Å². The Kier molecular flexibility index (Phi) is 3.16. The summed E-state index contributed by atoms with van der Waals surface area (Å²) in [7, 11) is 0. The van der Waals surface area contributed by atoms with E-state index in [2.05, 4.69) is 0 Å². The standard InChI is InChI=1S/C13H8As2O4/c16-14(17)11-7-9-5-1-3-8-4-2-6-10(12(8)9)13(11)15(18)19/h1-7,13H. The summed E-state index contributed by atoms with van der Waals surface area (Å²) in [5.74, 6) is 0. The zero-order valence-electron chi connectivity index (χ0n) is 9.65. The molecule has 1 unspecified atom stereocenters. The molecule has 6 heteroatoms. The molecule has 0 spiro atoms. The summed E-state index contributed by atoms with van der Waals surface area (Å²) < 4.78 is 45.0. The summed E-state index contributed by atoms with van der Waals surface area (Å²) >= 11 is -7.40. The van der Waals surface area contributed by atoms with Gasteiger partial charge >= 0.3 is 117 Å². The van der Waals surface area contributed by atoms with Gasteiger partial charge in [0.2, 0.25) is 0 Å². The van der Waals surface area contributed by atoms with E-state index in [1.54, 1.807) is 12.1 Å². The van der Waals surface area contributed by atoms with Gasteiger partial charge in [0.1, 0.15) is 0 Å². The van der Waals surface area contributed by atoms with Crippen molar-refractivity contribution in [1.82, 2.24) is 0 Å². The van der Waals surface area contributed by atoms with E-state index in [0.29, 0.717) is 5.56 Å². The molecule has 0 aliphatic heterocycles. The molecule has 0 heterocycles. The number of allylic oxidation sites excluding steroid dienone is 1. The fourth-order valence-corrected chi connectivity index (χ4v) is 7.34. The van der Waals surface area contributed by atoms with Gasteiger partial charge in [-0.1, -0.05) is 0 Å². The van der Waals surface area contributed by atoms with Crippen molar-refractivity contribution in [3.05, 3.63) is 51.9 Å². The molecule has 4 nitrogen and oxygen atoms in total. The minimum atomic E-state index is -3.71. The molecule has 0 N–H and O–H groups in total. The van der Waals surface area contributed by atoms with E-state index >= 15 is 0 Å². The molecule has 0 aromatic heterocycles.